The van der Waals surface area contributed by atoms with Crippen molar-refractivity contribution in [2.45, 2.75) is 26.0 Å². The normalized spacial score (nSPS) is 12.6. The minimum absolute atomic E-state index is 0.0384. The van der Waals surface area contributed by atoms with Gasteiger partial charge in [0.05, 0.1) is 19.3 Å². The van der Waals surface area contributed by atoms with E-state index in [0.717, 1.165) is 13.0 Å². The molecule has 1 heterocycles. The zero-order valence-electron chi connectivity index (χ0n) is 11.2. The van der Waals surface area contributed by atoms with Crippen molar-refractivity contribution >= 4 is 6.01 Å². The molecule has 1 aromatic heterocycles. The Kier molecular flexibility index (Phi) is 7.31. The monoisotopic (exact) mass is 258 g/mol. The molecule has 0 bridgehead atoms. The highest BCUT2D eigenvalue weighted by Gasteiger charge is 2.09. The number of rotatable bonds is 10. The topological polar surface area (TPSA) is 81.4 Å². The summed E-state index contributed by atoms with van der Waals surface area (Å²) in [6.07, 6.45) is 1.04. The van der Waals surface area contributed by atoms with Gasteiger partial charge in [-0.2, -0.15) is 0 Å². The van der Waals surface area contributed by atoms with E-state index in [4.69, 9.17) is 13.9 Å². The van der Waals surface area contributed by atoms with Crippen LogP contribution < -0.4 is 10.6 Å². The minimum Gasteiger partial charge on any atom is -0.407 e. The summed E-state index contributed by atoms with van der Waals surface area (Å²) in [6.45, 7) is 4.71. The van der Waals surface area contributed by atoms with Crippen LogP contribution in [-0.4, -0.2) is 50.2 Å². The molecule has 0 fully saturated rings. The van der Waals surface area contributed by atoms with Gasteiger partial charge < -0.3 is 24.5 Å². The zero-order valence-corrected chi connectivity index (χ0v) is 11.2. The lowest BCUT2D eigenvalue weighted by Crippen LogP contribution is -2.26. The molecule has 1 unspecified atom stereocenters. The molecule has 0 spiro atoms. The van der Waals surface area contributed by atoms with Crippen molar-refractivity contribution in [1.29, 1.82) is 0 Å². The number of anilines is 1. The molecule has 1 atom stereocenters. The molecule has 0 amide bonds. The van der Waals surface area contributed by atoms with E-state index in [1.54, 1.807) is 14.2 Å². The molecular weight excluding hydrogens is 236 g/mol. The second-order valence-corrected chi connectivity index (χ2v) is 3.87. The van der Waals surface area contributed by atoms with Crippen LogP contribution in [0.5, 0.6) is 0 Å². The van der Waals surface area contributed by atoms with E-state index in [2.05, 4.69) is 27.8 Å². The molecule has 0 aromatic carbocycles. The molecule has 0 aliphatic rings. The number of hydrogen-bond donors (Lipinski definition) is 2. The van der Waals surface area contributed by atoms with Crippen molar-refractivity contribution in [2.24, 2.45) is 0 Å². The van der Waals surface area contributed by atoms with Crippen LogP contribution >= 0.6 is 0 Å². The maximum atomic E-state index is 5.41. The van der Waals surface area contributed by atoms with Gasteiger partial charge in [-0.1, -0.05) is 12.0 Å². The summed E-state index contributed by atoms with van der Waals surface area (Å²) in [5, 5.41) is 14.0. The summed E-state index contributed by atoms with van der Waals surface area (Å²) in [6, 6.07) is 0.404. The molecular formula is C11H22N4O3. The Hall–Kier alpha value is -1.18. The zero-order chi connectivity index (χ0) is 13.2. The van der Waals surface area contributed by atoms with Gasteiger partial charge in [-0.05, 0) is 13.0 Å². The number of methoxy groups -OCH3 is 2. The molecule has 1 rings (SSSR count). The fourth-order valence-corrected chi connectivity index (χ4v) is 1.37. The Balaban J connectivity index is 2.29. The van der Waals surface area contributed by atoms with Gasteiger partial charge in [0.2, 0.25) is 5.89 Å². The van der Waals surface area contributed by atoms with Crippen LogP contribution in [-0.2, 0) is 16.0 Å². The molecule has 0 aliphatic heterocycles. The van der Waals surface area contributed by atoms with Crippen LogP contribution in [0.25, 0.3) is 0 Å². The van der Waals surface area contributed by atoms with Gasteiger partial charge in [0.25, 0.3) is 0 Å². The first kappa shape index (κ1) is 14.9. The van der Waals surface area contributed by atoms with Crippen molar-refractivity contribution in [3.05, 3.63) is 5.89 Å². The van der Waals surface area contributed by atoms with Crippen molar-refractivity contribution in [1.82, 2.24) is 15.5 Å². The van der Waals surface area contributed by atoms with E-state index in [0.29, 0.717) is 31.6 Å². The van der Waals surface area contributed by atoms with Gasteiger partial charge in [-0.25, -0.2) is 0 Å². The Labute approximate surface area is 107 Å². The van der Waals surface area contributed by atoms with Crippen molar-refractivity contribution in [3.8, 4) is 0 Å². The van der Waals surface area contributed by atoms with Gasteiger partial charge in [0.1, 0.15) is 0 Å². The first-order chi connectivity index (χ1) is 8.80. The predicted molar refractivity (Wildman–Crippen MR) is 67.5 cm³/mol. The van der Waals surface area contributed by atoms with Crippen LogP contribution in [0, 0.1) is 0 Å². The Bertz CT molecular complexity index is 319. The molecule has 18 heavy (non-hydrogen) atoms. The molecule has 7 nitrogen and oxygen atoms in total. The minimum atomic E-state index is -0.0384. The fraction of sp³-hybridized carbons (Fsp3) is 0.818. The van der Waals surface area contributed by atoms with E-state index in [-0.39, 0.29) is 6.10 Å². The summed E-state index contributed by atoms with van der Waals surface area (Å²) >= 11 is 0. The maximum absolute atomic E-state index is 5.41. The van der Waals surface area contributed by atoms with Crippen molar-refractivity contribution in [3.63, 3.8) is 0 Å². The highest BCUT2D eigenvalue weighted by molar-refractivity contribution is 5.17. The third kappa shape index (κ3) is 5.44. The Morgan fingerprint density at radius 3 is 2.83 bits per heavy atom. The van der Waals surface area contributed by atoms with Crippen LogP contribution in [0.1, 0.15) is 19.2 Å². The lowest BCUT2D eigenvalue weighted by molar-refractivity contribution is 0.0363. The van der Waals surface area contributed by atoms with Gasteiger partial charge in [0, 0.05) is 20.8 Å². The summed E-state index contributed by atoms with van der Waals surface area (Å²) in [5.41, 5.74) is 0. The second kappa shape index (κ2) is 8.84. The summed E-state index contributed by atoms with van der Waals surface area (Å²) < 4.78 is 15.6. The quantitative estimate of drug-likeness (QED) is 0.596. The van der Waals surface area contributed by atoms with Crippen LogP contribution in [0.4, 0.5) is 6.01 Å². The molecule has 2 N–H and O–H groups in total. The summed E-state index contributed by atoms with van der Waals surface area (Å²) in [5.74, 6) is 0.576. The standard InChI is InChI=1S/C11H22N4O3/c1-4-5-12-7-10-14-15-11(18-10)13-6-9(17-3)8-16-2/h9,12H,4-8H2,1-3H3,(H,13,15). The molecule has 0 aliphatic carbocycles. The lowest BCUT2D eigenvalue weighted by Gasteiger charge is -2.13. The molecule has 0 saturated heterocycles. The summed E-state index contributed by atoms with van der Waals surface area (Å²) in [7, 11) is 3.27. The average molecular weight is 258 g/mol. The van der Waals surface area contributed by atoms with E-state index in [1.807, 2.05) is 0 Å². The highest BCUT2D eigenvalue weighted by Crippen LogP contribution is 2.05. The van der Waals surface area contributed by atoms with Crippen LogP contribution in [0.15, 0.2) is 4.42 Å². The summed E-state index contributed by atoms with van der Waals surface area (Å²) in [4.78, 5) is 0. The van der Waals surface area contributed by atoms with Gasteiger partial charge in [-0.3, -0.25) is 0 Å². The average Bonchev–Trinajstić information content (AvgIpc) is 2.83. The maximum Gasteiger partial charge on any atom is 0.315 e. The van der Waals surface area contributed by atoms with Gasteiger partial charge in [0.15, 0.2) is 0 Å². The number of nitrogens with zero attached hydrogens (tertiary/aromatic N) is 2. The first-order valence-electron chi connectivity index (χ1n) is 6.08. The largest absolute Gasteiger partial charge is 0.407 e. The molecule has 1 aromatic rings. The van der Waals surface area contributed by atoms with E-state index < -0.39 is 0 Å². The van der Waals surface area contributed by atoms with Crippen molar-refractivity contribution in [2.75, 3.05) is 39.2 Å². The third-order valence-electron chi connectivity index (χ3n) is 2.34. The van der Waals surface area contributed by atoms with Gasteiger partial charge >= 0.3 is 6.01 Å². The molecule has 0 radical (unpaired) electrons. The van der Waals surface area contributed by atoms with Crippen LogP contribution in [0.2, 0.25) is 0 Å². The number of hydrogen-bond acceptors (Lipinski definition) is 7. The third-order valence-corrected chi connectivity index (χ3v) is 2.34. The SMILES string of the molecule is CCCNCc1nnc(NCC(COC)OC)o1. The van der Waals surface area contributed by atoms with E-state index in [9.17, 15) is 0 Å². The van der Waals surface area contributed by atoms with Gasteiger partial charge in [-0.15, -0.1) is 5.10 Å². The first-order valence-corrected chi connectivity index (χ1v) is 6.08. The number of nitrogens with one attached hydrogen (secondary N) is 2. The Morgan fingerprint density at radius 2 is 2.17 bits per heavy atom. The highest BCUT2D eigenvalue weighted by atomic mass is 16.5. The number of ether oxygens (including phenoxy) is 2. The lowest BCUT2D eigenvalue weighted by atomic mass is 10.4. The predicted octanol–water partition coefficient (Wildman–Crippen LogP) is 0.643. The fourth-order valence-electron chi connectivity index (χ4n) is 1.37. The van der Waals surface area contributed by atoms with Crippen molar-refractivity contribution < 1.29 is 13.9 Å². The van der Waals surface area contributed by atoms with E-state index >= 15 is 0 Å². The van der Waals surface area contributed by atoms with Crippen LogP contribution in [0.3, 0.4) is 0 Å². The Morgan fingerprint density at radius 1 is 1.33 bits per heavy atom. The smallest absolute Gasteiger partial charge is 0.315 e. The second-order valence-electron chi connectivity index (χ2n) is 3.87. The molecule has 0 saturated carbocycles. The van der Waals surface area contributed by atoms with E-state index in [1.165, 1.54) is 0 Å². The molecule has 104 valence electrons. The molecule has 7 heteroatoms. The number of aromatic nitrogens is 2.